The normalized spacial score (nSPS) is 12.1. The number of rotatable bonds is 8. The van der Waals surface area contributed by atoms with E-state index in [0.717, 1.165) is 10.7 Å². The highest BCUT2D eigenvalue weighted by Gasteiger charge is 2.19. The minimum absolute atomic E-state index is 0.561. The Morgan fingerprint density at radius 2 is 2.09 bits per heavy atom. The van der Waals surface area contributed by atoms with Gasteiger partial charge in [-0.2, -0.15) is 0 Å². The summed E-state index contributed by atoms with van der Waals surface area (Å²) >= 11 is 2.87. The van der Waals surface area contributed by atoms with Crippen LogP contribution in [-0.4, -0.2) is 31.1 Å². The summed E-state index contributed by atoms with van der Waals surface area (Å²) in [6, 6.07) is 8.31. The van der Waals surface area contributed by atoms with E-state index in [1.165, 1.54) is 17.3 Å². The first-order valence-corrected chi connectivity index (χ1v) is 8.99. The first-order valence-electron chi connectivity index (χ1n) is 7.13. The number of allylic oxidation sites excluding steroid dienone is 1. The van der Waals surface area contributed by atoms with Crippen LogP contribution in [0.2, 0.25) is 0 Å². The van der Waals surface area contributed by atoms with Gasteiger partial charge in [0, 0.05) is 11.4 Å². The molecule has 2 rings (SSSR count). The average Bonchev–Trinajstić information content (AvgIpc) is 2.89. The lowest BCUT2D eigenvalue weighted by atomic mass is 10.2. The van der Waals surface area contributed by atoms with E-state index in [9.17, 15) is 4.79 Å². The predicted molar refractivity (Wildman–Crippen MR) is 93.9 cm³/mol. The second-order valence-corrected chi connectivity index (χ2v) is 7.35. The van der Waals surface area contributed by atoms with E-state index in [-0.39, 0.29) is 0 Å². The van der Waals surface area contributed by atoms with Crippen molar-refractivity contribution in [2.24, 2.45) is 0 Å². The minimum Gasteiger partial charge on any atom is -0.480 e. The highest BCUT2D eigenvalue weighted by molar-refractivity contribution is 8.00. The van der Waals surface area contributed by atoms with Crippen LogP contribution in [-0.2, 0) is 17.1 Å². The van der Waals surface area contributed by atoms with Crippen LogP contribution in [0.5, 0.6) is 0 Å². The van der Waals surface area contributed by atoms with Crippen LogP contribution in [0.4, 0.5) is 0 Å². The maximum Gasteiger partial charge on any atom is 0.316 e. The summed E-state index contributed by atoms with van der Waals surface area (Å²) in [6.45, 7) is 8.01. The van der Waals surface area contributed by atoms with Crippen LogP contribution in [0.3, 0.4) is 0 Å². The third kappa shape index (κ3) is 4.87. The second-order valence-electron chi connectivity index (χ2n) is 5.00. The zero-order chi connectivity index (χ0) is 16.8. The topological polar surface area (TPSA) is 68.0 Å². The Hall–Kier alpha value is -1.73. The highest BCUT2D eigenvalue weighted by Crippen LogP contribution is 2.26. The van der Waals surface area contributed by atoms with Crippen LogP contribution in [0.15, 0.2) is 47.0 Å². The monoisotopic (exact) mass is 349 g/mol. The number of nitrogens with zero attached hydrogens (tertiary/aromatic N) is 3. The SMILES string of the molecule is C=CCn1c(CSc2ccc(C)cc2)nnc1S[C@@H](C)C(=O)O. The molecule has 122 valence electrons. The van der Waals surface area contributed by atoms with Gasteiger partial charge in [0.05, 0.1) is 5.75 Å². The Labute approximate surface area is 144 Å². The molecule has 0 aliphatic carbocycles. The lowest BCUT2D eigenvalue weighted by Gasteiger charge is -2.09. The van der Waals surface area contributed by atoms with Crippen molar-refractivity contribution in [2.75, 3.05) is 0 Å². The molecule has 0 unspecified atom stereocenters. The third-order valence-corrected chi connectivity index (χ3v) is 5.20. The molecule has 0 fully saturated rings. The smallest absolute Gasteiger partial charge is 0.316 e. The lowest BCUT2D eigenvalue weighted by molar-refractivity contribution is -0.136. The van der Waals surface area contributed by atoms with Crippen molar-refractivity contribution in [3.05, 3.63) is 48.3 Å². The summed E-state index contributed by atoms with van der Waals surface area (Å²) in [4.78, 5) is 12.2. The van der Waals surface area contributed by atoms with Crippen LogP contribution in [0, 0.1) is 6.92 Å². The van der Waals surface area contributed by atoms with E-state index in [4.69, 9.17) is 5.11 Å². The minimum atomic E-state index is -0.862. The van der Waals surface area contributed by atoms with Crippen LogP contribution in [0.1, 0.15) is 18.3 Å². The largest absolute Gasteiger partial charge is 0.480 e. The Balaban J connectivity index is 2.11. The van der Waals surface area contributed by atoms with Gasteiger partial charge in [-0.3, -0.25) is 4.79 Å². The van der Waals surface area contributed by atoms with Gasteiger partial charge in [-0.15, -0.1) is 28.5 Å². The van der Waals surface area contributed by atoms with E-state index >= 15 is 0 Å². The van der Waals surface area contributed by atoms with E-state index < -0.39 is 11.2 Å². The first-order chi connectivity index (χ1) is 11.0. The zero-order valence-corrected chi connectivity index (χ0v) is 14.7. The standard InChI is InChI=1S/C16H19N3O2S2/c1-4-9-19-14(10-22-13-7-5-11(2)6-8-13)17-18-16(19)23-12(3)15(20)21/h4-8,12H,1,9-10H2,2-3H3,(H,20,21)/t12-/m0/s1. The number of aliphatic carboxylic acids is 1. The Kier molecular flexibility index (Phi) is 6.29. The maximum absolute atomic E-state index is 11.0. The molecule has 1 aromatic heterocycles. The maximum atomic E-state index is 11.0. The number of carbonyl (C=O) groups is 1. The summed E-state index contributed by atoms with van der Waals surface area (Å²) in [5.41, 5.74) is 1.23. The predicted octanol–water partition coefficient (Wildman–Crippen LogP) is 3.63. The first kappa shape index (κ1) is 17.6. The van der Waals surface area contributed by atoms with Gasteiger partial charge in [-0.1, -0.05) is 35.5 Å². The van der Waals surface area contributed by atoms with E-state index in [1.54, 1.807) is 24.8 Å². The molecule has 5 nitrogen and oxygen atoms in total. The van der Waals surface area contributed by atoms with Crippen molar-refractivity contribution in [3.8, 4) is 0 Å². The van der Waals surface area contributed by atoms with Gasteiger partial charge < -0.3 is 9.67 Å². The summed E-state index contributed by atoms with van der Waals surface area (Å²) in [5.74, 6) is 0.626. The molecule has 0 aliphatic rings. The summed E-state index contributed by atoms with van der Waals surface area (Å²) in [5, 5.41) is 17.4. The van der Waals surface area contributed by atoms with Crippen molar-refractivity contribution in [3.63, 3.8) is 0 Å². The molecular formula is C16H19N3O2S2. The fourth-order valence-electron chi connectivity index (χ4n) is 1.82. The molecule has 1 heterocycles. The molecule has 1 N–H and O–H groups in total. The van der Waals surface area contributed by atoms with Crippen molar-refractivity contribution in [2.45, 2.75) is 41.4 Å². The van der Waals surface area contributed by atoms with Gasteiger partial charge in [-0.25, -0.2) is 0 Å². The van der Waals surface area contributed by atoms with E-state index in [2.05, 4.69) is 48.0 Å². The molecule has 23 heavy (non-hydrogen) atoms. The fraction of sp³-hybridized carbons (Fsp3) is 0.312. The number of thioether (sulfide) groups is 2. The Morgan fingerprint density at radius 3 is 2.70 bits per heavy atom. The summed E-state index contributed by atoms with van der Waals surface area (Å²) in [7, 11) is 0. The Bertz CT molecular complexity index is 683. The van der Waals surface area contributed by atoms with Gasteiger partial charge in [0.2, 0.25) is 0 Å². The number of carboxylic acid groups (broad SMARTS) is 1. The van der Waals surface area contributed by atoms with Gasteiger partial charge in [0.25, 0.3) is 0 Å². The summed E-state index contributed by atoms with van der Waals surface area (Å²) in [6.07, 6.45) is 1.76. The number of hydrogen-bond donors (Lipinski definition) is 1. The fourth-order valence-corrected chi connectivity index (χ4v) is 3.47. The Morgan fingerprint density at radius 1 is 1.39 bits per heavy atom. The molecule has 7 heteroatoms. The van der Waals surface area contributed by atoms with Gasteiger partial charge >= 0.3 is 5.97 Å². The molecule has 0 bridgehead atoms. The quantitative estimate of drug-likeness (QED) is 0.580. The molecule has 1 aromatic carbocycles. The van der Waals surface area contributed by atoms with Crippen molar-refractivity contribution in [1.29, 1.82) is 0 Å². The third-order valence-electron chi connectivity index (χ3n) is 3.12. The highest BCUT2D eigenvalue weighted by atomic mass is 32.2. The zero-order valence-electron chi connectivity index (χ0n) is 13.1. The number of aryl methyl sites for hydroxylation is 1. The molecule has 0 aliphatic heterocycles. The van der Waals surface area contributed by atoms with Crippen LogP contribution in [0.25, 0.3) is 0 Å². The van der Waals surface area contributed by atoms with Crippen LogP contribution < -0.4 is 0 Å². The number of carboxylic acids is 1. The van der Waals surface area contributed by atoms with Gasteiger partial charge in [-0.05, 0) is 26.0 Å². The van der Waals surface area contributed by atoms with Gasteiger partial charge in [0.1, 0.15) is 11.1 Å². The average molecular weight is 349 g/mol. The van der Waals surface area contributed by atoms with Gasteiger partial charge in [0.15, 0.2) is 5.16 Å². The number of hydrogen-bond acceptors (Lipinski definition) is 5. The van der Waals surface area contributed by atoms with Crippen molar-refractivity contribution >= 4 is 29.5 Å². The number of benzene rings is 1. The van der Waals surface area contributed by atoms with E-state index in [0.29, 0.717) is 17.5 Å². The van der Waals surface area contributed by atoms with Crippen molar-refractivity contribution < 1.29 is 9.90 Å². The molecule has 0 saturated carbocycles. The van der Waals surface area contributed by atoms with Crippen molar-refractivity contribution in [1.82, 2.24) is 14.8 Å². The van der Waals surface area contributed by atoms with E-state index in [1.807, 2.05) is 4.57 Å². The molecular weight excluding hydrogens is 330 g/mol. The second kappa shape index (κ2) is 8.21. The molecule has 0 amide bonds. The lowest BCUT2D eigenvalue weighted by Crippen LogP contribution is -2.13. The van der Waals surface area contributed by atoms with Crippen LogP contribution >= 0.6 is 23.5 Å². The molecule has 1 atom stereocenters. The molecule has 0 radical (unpaired) electrons. The molecule has 2 aromatic rings. The molecule has 0 spiro atoms. The molecule has 0 saturated heterocycles. The summed E-state index contributed by atoms with van der Waals surface area (Å²) < 4.78 is 1.91. The number of aromatic nitrogens is 3.